The number of halogens is 3. The normalized spacial score (nSPS) is 10.6. The van der Waals surface area contributed by atoms with Gasteiger partial charge in [-0.2, -0.15) is 0 Å². The molecule has 0 aliphatic carbocycles. The molecule has 106 valence electrons. The molecule has 1 N–H and O–H groups in total. The first-order chi connectivity index (χ1) is 9.60. The summed E-state index contributed by atoms with van der Waals surface area (Å²) in [5.41, 5.74) is 0.760. The van der Waals surface area contributed by atoms with Crippen LogP contribution in [0.5, 0.6) is 11.5 Å². The van der Waals surface area contributed by atoms with Gasteiger partial charge in [0.15, 0.2) is 23.1 Å². The molecule has 0 aliphatic rings. The molecule has 2 nitrogen and oxygen atoms in total. The Kier molecular flexibility index (Phi) is 4.63. The molecule has 2 aromatic rings. The van der Waals surface area contributed by atoms with Crippen molar-refractivity contribution in [3.05, 3.63) is 59.4 Å². The van der Waals surface area contributed by atoms with Gasteiger partial charge in [-0.15, -0.1) is 0 Å². The minimum absolute atomic E-state index is 0.101. The summed E-state index contributed by atoms with van der Waals surface area (Å²) in [4.78, 5) is 0. The van der Waals surface area contributed by atoms with Crippen LogP contribution in [0.15, 0.2) is 36.4 Å². The van der Waals surface area contributed by atoms with Crippen molar-refractivity contribution < 1.29 is 17.9 Å². The van der Waals surface area contributed by atoms with Crippen LogP contribution in [-0.4, -0.2) is 6.54 Å². The Labute approximate surface area is 115 Å². The average Bonchev–Trinajstić information content (AvgIpc) is 2.42. The van der Waals surface area contributed by atoms with Gasteiger partial charge in [-0.1, -0.05) is 13.0 Å². The first-order valence-electron chi connectivity index (χ1n) is 6.22. The van der Waals surface area contributed by atoms with Crippen LogP contribution in [0.25, 0.3) is 0 Å². The third-order valence-corrected chi connectivity index (χ3v) is 2.69. The summed E-state index contributed by atoms with van der Waals surface area (Å²) in [6.07, 6.45) is 0. The number of benzene rings is 2. The van der Waals surface area contributed by atoms with Crippen LogP contribution in [0.4, 0.5) is 13.2 Å². The van der Waals surface area contributed by atoms with Crippen molar-refractivity contribution >= 4 is 0 Å². The van der Waals surface area contributed by atoms with Crippen molar-refractivity contribution in [1.29, 1.82) is 0 Å². The third-order valence-electron chi connectivity index (χ3n) is 2.69. The second kappa shape index (κ2) is 6.43. The van der Waals surface area contributed by atoms with E-state index in [-0.39, 0.29) is 11.5 Å². The van der Waals surface area contributed by atoms with E-state index in [1.54, 1.807) is 6.07 Å². The van der Waals surface area contributed by atoms with E-state index in [4.69, 9.17) is 4.74 Å². The zero-order valence-electron chi connectivity index (χ0n) is 10.9. The molecule has 0 spiro atoms. The van der Waals surface area contributed by atoms with Crippen molar-refractivity contribution in [3.8, 4) is 11.5 Å². The molecule has 0 aromatic heterocycles. The number of nitrogens with one attached hydrogen (secondary N) is 1. The Morgan fingerprint density at radius 2 is 1.60 bits per heavy atom. The van der Waals surface area contributed by atoms with Gasteiger partial charge in [0.25, 0.3) is 0 Å². The molecule has 0 fully saturated rings. The van der Waals surface area contributed by atoms with Crippen LogP contribution in [-0.2, 0) is 6.54 Å². The zero-order chi connectivity index (χ0) is 14.5. The van der Waals surface area contributed by atoms with Crippen molar-refractivity contribution in [2.75, 3.05) is 6.54 Å². The molecule has 0 atom stereocenters. The quantitative estimate of drug-likeness (QED) is 0.894. The van der Waals surface area contributed by atoms with Gasteiger partial charge in [0.1, 0.15) is 5.82 Å². The highest BCUT2D eigenvalue weighted by atomic mass is 19.1. The smallest absolute Gasteiger partial charge is 0.168 e. The number of hydrogen-bond acceptors (Lipinski definition) is 2. The van der Waals surface area contributed by atoms with Gasteiger partial charge >= 0.3 is 0 Å². The van der Waals surface area contributed by atoms with E-state index in [2.05, 4.69) is 5.32 Å². The Bertz CT molecular complexity index is 602. The maximum atomic E-state index is 13.8. The fourth-order valence-electron chi connectivity index (χ4n) is 1.68. The van der Waals surface area contributed by atoms with Crippen LogP contribution in [0.2, 0.25) is 0 Å². The van der Waals surface area contributed by atoms with Gasteiger partial charge in [0.2, 0.25) is 0 Å². The van der Waals surface area contributed by atoms with E-state index in [0.717, 1.165) is 24.2 Å². The maximum absolute atomic E-state index is 13.8. The Morgan fingerprint density at radius 3 is 2.20 bits per heavy atom. The predicted octanol–water partition coefficient (Wildman–Crippen LogP) is 4.01. The van der Waals surface area contributed by atoms with E-state index in [9.17, 15) is 13.2 Å². The summed E-state index contributed by atoms with van der Waals surface area (Å²) in [5, 5.41) is 3.07. The third kappa shape index (κ3) is 3.51. The minimum Gasteiger partial charge on any atom is -0.451 e. The van der Waals surface area contributed by atoms with Gasteiger partial charge in [0, 0.05) is 12.6 Å². The van der Waals surface area contributed by atoms with Crippen molar-refractivity contribution in [3.63, 3.8) is 0 Å². The average molecular weight is 281 g/mol. The van der Waals surface area contributed by atoms with Gasteiger partial charge in [0.05, 0.1) is 0 Å². The second-order valence-electron chi connectivity index (χ2n) is 4.22. The molecule has 0 amide bonds. The lowest BCUT2D eigenvalue weighted by Crippen LogP contribution is -2.11. The molecule has 0 saturated carbocycles. The standard InChI is InChI=1S/C15H14F3NO/c1-2-19-9-10-3-5-14(12(17)7-10)20-15-6-4-11(16)8-13(15)18/h3-8,19H,2,9H2,1H3. The lowest BCUT2D eigenvalue weighted by molar-refractivity contribution is 0.411. The highest BCUT2D eigenvalue weighted by Crippen LogP contribution is 2.27. The van der Waals surface area contributed by atoms with E-state index in [1.165, 1.54) is 12.1 Å². The molecule has 0 radical (unpaired) electrons. The first-order valence-corrected chi connectivity index (χ1v) is 6.22. The highest BCUT2D eigenvalue weighted by molar-refractivity contribution is 5.35. The molecule has 0 saturated heterocycles. The monoisotopic (exact) mass is 281 g/mol. The molecular formula is C15H14F3NO. The number of hydrogen-bond donors (Lipinski definition) is 1. The highest BCUT2D eigenvalue weighted by Gasteiger charge is 2.10. The lowest BCUT2D eigenvalue weighted by Gasteiger charge is -2.09. The summed E-state index contributed by atoms with van der Waals surface area (Å²) in [6, 6.07) is 7.28. The van der Waals surface area contributed by atoms with Gasteiger partial charge in [-0.25, -0.2) is 13.2 Å². The fourth-order valence-corrected chi connectivity index (χ4v) is 1.68. The Morgan fingerprint density at radius 1 is 0.950 bits per heavy atom. The SMILES string of the molecule is CCNCc1ccc(Oc2ccc(F)cc2F)c(F)c1. The molecular weight excluding hydrogens is 267 g/mol. The van der Waals surface area contributed by atoms with Crippen LogP contribution in [0.1, 0.15) is 12.5 Å². The van der Waals surface area contributed by atoms with Crippen LogP contribution in [0, 0.1) is 17.5 Å². The molecule has 0 unspecified atom stereocenters. The molecule has 2 aromatic carbocycles. The van der Waals surface area contributed by atoms with E-state index >= 15 is 0 Å². The Balaban J connectivity index is 2.17. The van der Waals surface area contributed by atoms with Crippen LogP contribution < -0.4 is 10.1 Å². The summed E-state index contributed by atoms with van der Waals surface area (Å²) in [5.74, 6) is -2.50. The first kappa shape index (κ1) is 14.4. The number of rotatable bonds is 5. The van der Waals surface area contributed by atoms with Crippen molar-refractivity contribution in [1.82, 2.24) is 5.32 Å². The largest absolute Gasteiger partial charge is 0.451 e. The van der Waals surface area contributed by atoms with Crippen molar-refractivity contribution in [2.24, 2.45) is 0 Å². The molecule has 2 rings (SSSR count). The van der Waals surface area contributed by atoms with E-state index in [0.29, 0.717) is 12.6 Å². The zero-order valence-corrected chi connectivity index (χ0v) is 10.9. The maximum Gasteiger partial charge on any atom is 0.168 e. The summed E-state index contributed by atoms with van der Waals surface area (Å²) in [7, 11) is 0. The van der Waals surface area contributed by atoms with Crippen molar-refractivity contribution in [2.45, 2.75) is 13.5 Å². The van der Waals surface area contributed by atoms with Gasteiger partial charge in [-0.3, -0.25) is 0 Å². The molecule has 20 heavy (non-hydrogen) atoms. The number of ether oxygens (including phenoxy) is 1. The molecule has 0 aliphatic heterocycles. The van der Waals surface area contributed by atoms with Crippen LogP contribution in [0.3, 0.4) is 0 Å². The lowest BCUT2D eigenvalue weighted by atomic mass is 10.2. The summed E-state index contributed by atoms with van der Waals surface area (Å²) < 4.78 is 45.1. The van der Waals surface area contributed by atoms with Gasteiger partial charge < -0.3 is 10.1 Å². The summed E-state index contributed by atoms with van der Waals surface area (Å²) >= 11 is 0. The molecule has 0 bridgehead atoms. The van der Waals surface area contributed by atoms with E-state index in [1.807, 2.05) is 6.92 Å². The minimum atomic E-state index is -0.874. The van der Waals surface area contributed by atoms with E-state index < -0.39 is 17.5 Å². The second-order valence-corrected chi connectivity index (χ2v) is 4.22. The predicted molar refractivity (Wildman–Crippen MR) is 70.2 cm³/mol. The topological polar surface area (TPSA) is 21.3 Å². The molecule has 5 heteroatoms. The summed E-state index contributed by atoms with van der Waals surface area (Å²) in [6.45, 7) is 3.27. The fraction of sp³-hybridized carbons (Fsp3) is 0.200. The molecule has 0 heterocycles. The van der Waals surface area contributed by atoms with Gasteiger partial charge in [-0.05, 0) is 36.4 Å². The Hall–Kier alpha value is -2.01. The van der Waals surface area contributed by atoms with Crippen LogP contribution >= 0.6 is 0 Å².